The van der Waals surface area contributed by atoms with Crippen LogP contribution in [-0.2, 0) is 9.59 Å². The summed E-state index contributed by atoms with van der Waals surface area (Å²) >= 11 is 0. The minimum Gasteiger partial charge on any atom is -0.497 e. The molecule has 2 atom stereocenters. The van der Waals surface area contributed by atoms with Crippen molar-refractivity contribution in [3.8, 4) is 5.75 Å². The van der Waals surface area contributed by atoms with Crippen LogP contribution in [-0.4, -0.2) is 35.4 Å². The van der Waals surface area contributed by atoms with E-state index in [1.165, 1.54) is 0 Å². The van der Waals surface area contributed by atoms with Crippen molar-refractivity contribution in [2.24, 2.45) is 5.92 Å². The van der Waals surface area contributed by atoms with Gasteiger partial charge in [-0.25, -0.2) is 9.97 Å². The molecule has 2 unspecified atom stereocenters. The standard InChI is InChI=1S/C27H31N5O3/c1-16-6-11-23(35-5)14-24(16)32-15-20(13-25(32)33)27(34)31-22-9-7-21(8-10-22)30-19(4)26-28-17(2)12-18(3)29-26/h6-12,14,19-20,30H,13,15H2,1-5H3,(H,31,34). The van der Waals surface area contributed by atoms with E-state index >= 15 is 0 Å². The number of nitrogens with one attached hydrogen (secondary N) is 2. The van der Waals surface area contributed by atoms with Gasteiger partial charge in [0.1, 0.15) is 5.75 Å². The fraction of sp³-hybridized carbons (Fsp3) is 0.333. The third kappa shape index (κ3) is 5.59. The number of hydrogen-bond donors (Lipinski definition) is 2. The average molecular weight is 474 g/mol. The second-order valence-electron chi connectivity index (χ2n) is 9.00. The van der Waals surface area contributed by atoms with Gasteiger partial charge in [-0.1, -0.05) is 6.07 Å². The highest BCUT2D eigenvalue weighted by Gasteiger charge is 2.35. The van der Waals surface area contributed by atoms with Crippen LogP contribution < -0.4 is 20.3 Å². The Hall–Kier alpha value is -3.94. The van der Waals surface area contributed by atoms with Gasteiger partial charge in [-0.15, -0.1) is 0 Å². The van der Waals surface area contributed by atoms with Crippen molar-refractivity contribution in [2.75, 3.05) is 29.2 Å². The molecule has 1 saturated heterocycles. The molecule has 0 radical (unpaired) electrons. The van der Waals surface area contributed by atoms with E-state index in [0.717, 1.165) is 34.2 Å². The number of hydrogen-bond acceptors (Lipinski definition) is 6. The van der Waals surface area contributed by atoms with E-state index in [9.17, 15) is 9.59 Å². The maximum absolute atomic E-state index is 12.9. The van der Waals surface area contributed by atoms with E-state index in [0.29, 0.717) is 18.0 Å². The number of aryl methyl sites for hydroxylation is 3. The molecule has 1 aromatic heterocycles. The Morgan fingerprint density at radius 1 is 1.03 bits per heavy atom. The number of nitrogens with zero attached hydrogens (tertiary/aromatic N) is 3. The summed E-state index contributed by atoms with van der Waals surface area (Å²) in [5.74, 6) is 0.760. The van der Waals surface area contributed by atoms with Gasteiger partial charge in [-0.3, -0.25) is 9.59 Å². The minimum atomic E-state index is -0.423. The van der Waals surface area contributed by atoms with Gasteiger partial charge in [0, 0.05) is 41.8 Å². The number of carbonyl (C=O) groups excluding carboxylic acids is 2. The summed E-state index contributed by atoms with van der Waals surface area (Å²) in [6, 6.07) is 15.0. The molecular formula is C27H31N5O3. The van der Waals surface area contributed by atoms with Gasteiger partial charge >= 0.3 is 0 Å². The van der Waals surface area contributed by atoms with Crippen LogP contribution in [0.15, 0.2) is 48.5 Å². The zero-order chi connectivity index (χ0) is 25.1. The van der Waals surface area contributed by atoms with Crippen molar-refractivity contribution < 1.29 is 14.3 Å². The lowest BCUT2D eigenvalue weighted by Crippen LogP contribution is -2.28. The van der Waals surface area contributed by atoms with Crippen molar-refractivity contribution >= 4 is 28.9 Å². The number of anilines is 3. The molecule has 0 saturated carbocycles. The first-order valence-electron chi connectivity index (χ1n) is 11.7. The largest absolute Gasteiger partial charge is 0.497 e. The second-order valence-corrected chi connectivity index (χ2v) is 9.00. The zero-order valence-electron chi connectivity index (χ0n) is 20.8. The molecule has 2 heterocycles. The second kappa shape index (κ2) is 10.1. The fourth-order valence-electron chi connectivity index (χ4n) is 4.28. The highest BCUT2D eigenvalue weighted by molar-refractivity contribution is 6.04. The molecule has 8 nitrogen and oxygen atoms in total. The minimum absolute atomic E-state index is 0.0652. The molecule has 1 aliphatic heterocycles. The van der Waals surface area contributed by atoms with Crippen LogP contribution in [0.1, 0.15) is 42.2 Å². The predicted octanol–water partition coefficient (Wildman–Crippen LogP) is 4.58. The molecule has 2 aromatic carbocycles. The molecule has 35 heavy (non-hydrogen) atoms. The third-order valence-corrected chi connectivity index (χ3v) is 6.13. The van der Waals surface area contributed by atoms with Gasteiger partial charge in [-0.05, 0) is 69.7 Å². The SMILES string of the molecule is COc1ccc(C)c(N2CC(C(=O)Nc3ccc(NC(C)c4nc(C)cc(C)n4)cc3)CC2=O)c1. The van der Waals surface area contributed by atoms with Crippen molar-refractivity contribution in [2.45, 2.75) is 40.2 Å². The third-order valence-electron chi connectivity index (χ3n) is 6.13. The summed E-state index contributed by atoms with van der Waals surface area (Å²) in [6.07, 6.45) is 0.176. The molecule has 3 aromatic rings. The van der Waals surface area contributed by atoms with Crippen LogP contribution in [0.4, 0.5) is 17.1 Å². The summed E-state index contributed by atoms with van der Waals surface area (Å²) in [4.78, 5) is 36.3. The maximum Gasteiger partial charge on any atom is 0.229 e. The molecular weight excluding hydrogens is 442 g/mol. The van der Waals surface area contributed by atoms with Crippen LogP contribution in [0.2, 0.25) is 0 Å². The Morgan fingerprint density at radius 3 is 2.34 bits per heavy atom. The number of benzene rings is 2. The normalized spacial score (nSPS) is 16.2. The highest BCUT2D eigenvalue weighted by Crippen LogP contribution is 2.31. The van der Waals surface area contributed by atoms with Gasteiger partial charge in [0.25, 0.3) is 0 Å². The van der Waals surface area contributed by atoms with E-state index < -0.39 is 5.92 Å². The lowest BCUT2D eigenvalue weighted by atomic mass is 10.1. The molecule has 1 aliphatic rings. The quantitative estimate of drug-likeness (QED) is 0.522. The number of ether oxygens (including phenoxy) is 1. The summed E-state index contributed by atoms with van der Waals surface area (Å²) in [6.45, 7) is 8.20. The van der Waals surface area contributed by atoms with Gasteiger partial charge < -0.3 is 20.3 Å². The first-order chi connectivity index (χ1) is 16.7. The number of methoxy groups -OCH3 is 1. The number of amides is 2. The van der Waals surface area contributed by atoms with Crippen molar-refractivity contribution in [3.05, 3.63) is 71.3 Å². The molecule has 2 amide bonds. The summed E-state index contributed by atoms with van der Waals surface area (Å²) in [5, 5.41) is 6.34. The summed E-state index contributed by atoms with van der Waals surface area (Å²) in [5.41, 5.74) is 5.19. The van der Waals surface area contributed by atoms with Gasteiger partial charge in [0.05, 0.1) is 24.8 Å². The van der Waals surface area contributed by atoms with E-state index in [4.69, 9.17) is 4.74 Å². The van der Waals surface area contributed by atoms with E-state index in [1.807, 2.05) is 76.2 Å². The summed E-state index contributed by atoms with van der Waals surface area (Å²) < 4.78 is 5.30. The summed E-state index contributed by atoms with van der Waals surface area (Å²) in [7, 11) is 1.59. The number of aromatic nitrogens is 2. The predicted molar refractivity (Wildman–Crippen MR) is 137 cm³/mol. The molecule has 0 aliphatic carbocycles. The monoisotopic (exact) mass is 473 g/mol. The lowest BCUT2D eigenvalue weighted by molar-refractivity contribution is -0.122. The number of carbonyl (C=O) groups is 2. The Bertz CT molecular complexity index is 1220. The van der Waals surface area contributed by atoms with Gasteiger partial charge in [-0.2, -0.15) is 0 Å². The molecule has 0 spiro atoms. The van der Waals surface area contributed by atoms with Crippen LogP contribution in [0.5, 0.6) is 5.75 Å². The highest BCUT2D eigenvalue weighted by atomic mass is 16.5. The molecule has 4 rings (SSSR count). The van der Waals surface area contributed by atoms with Gasteiger partial charge in [0.2, 0.25) is 11.8 Å². The van der Waals surface area contributed by atoms with Crippen molar-refractivity contribution in [1.29, 1.82) is 0 Å². The molecule has 0 bridgehead atoms. The van der Waals surface area contributed by atoms with E-state index in [1.54, 1.807) is 12.0 Å². The molecule has 182 valence electrons. The topological polar surface area (TPSA) is 96.5 Å². The van der Waals surface area contributed by atoms with Gasteiger partial charge in [0.15, 0.2) is 5.82 Å². The molecule has 1 fully saturated rings. The van der Waals surface area contributed by atoms with Crippen molar-refractivity contribution in [1.82, 2.24) is 9.97 Å². The van der Waals surface area contributed by atoms with Crippen LogP contribution in [0.25, 0.3) is 0 Å². The first kappa shape index (κ1) is 24.2. The first-order valence-corrected chi connectivity index (χ1v) is 11.7. The smallest absolute Gasteiger partial charge is 0.229 e. The zero-order valence-corrected chi connectivity index (χ0v) is 20.8. The van der Waals surface area contributed by atoms with Crippen LogP contribution >= 0.6 is 0 Å². The van der Waals surface area contributed by atoms with E-state index in [2.05, 4.69) is 20.6 Å². The number of rotatable bonds is 7. The lowest BCUT2D eigenvalue weighted by Gasteiger charge is -2.20. The molecule has 8 heteroatoms. The fourth-order valence-corrected chi connectivity index (χ4v) is 4.28. The Labute approximate surface area is 205 Å². The van der Waals surface area contributed by atoms with E-state index in [-0.39, 0.29) is 24.3 Å². The Kier molecular flexibility index (Phi) is 7.00. The van der Waals surface area contributed by atoms with Crippen molar-refractivity contribution in [3.63, 3.8) is 0 Å². The maximum atomic E-state index is 12.9. The van der Waals surface area contributed by atoms with Crippen LogP contribution in [0.3, 0.4) is 0 Å². The van der Waals surface area contributed by atoms with Crippen LogP contribution in [0, 0.1) is 26.7 Å². The molecule has 2 N–H and O–H groups in total. The Morgan fingerprint density at radius 2 is 1.69 bits per heavy atom. The average Bonchev–Trinajstić information content (AvgIpc) is 3.21. The Balaban J connectivity index is 1.37.